The lowest BCUT2D eigenvalue weighted by Crippen LogP contribution is -2.42. The van der Waals surface area contributed by atoms with Crippen molar-refractivity contribution in [1.82, 2.24) is 5.32 Å². The number of nitrogens with one attached hydrogen (secondary N) is 1. The molecule has 35 heavy (non-hydrogen) atoms. The van der Waals surface area contributed by atoms with Crippen LogP contribution in [0.2, 0.25) is 0 Å². The van der Waals surface area contributed by atoms with Gasteiger partial charge < -0.3 is 14.8 Å². The highest BCUT2D eigenvalue weighted by molar-refractivity contribution is 7.92. The second-order valence-corrected chi connectivity index (χ2v) is 10.4. The Labute approximate surface area is 207 Å². The van der Waals surface area contributed by atoms with Gasteiger partial charge in [0, 0.05) is 0 Å². The van der Waals surface area contributed by atoms with Gasteiger partial charge in [-0.3, -0.25) is 9.10 Å². The van der Waals surface area contributed by atoms with Crippen molar-refractivity contribution in [2.75, 3.05) is 25.1 Å². The van der Waals surface area contributed by atoms with E-state index in [1.54, 1.807) is 56.7 Å². The third-order valence-electron chi connectivity index (χ3n) is 5.80. The summed E-state index contributed by atoms with van der Waals surface area (Å²) in [6.07, 6.45) is 0. The molecule has 0 spiro atoms. The van der Waals surface area contributed by atoms with Crippen molar-refractivity contribution < 1.29 is 22.7 Å². The lowest BCUT2D eigenvalue weighted by molar-refractivity contribution is -0.120. The maximum Gasteiger partial charge on any atom is 0.264 e. The molecule has 3 aromatic carbocycles. The Kier molecular flexibility index (Phi) is 8.07. The summed E-state index contributed by atoms with van der Waals surface area (Å²) in [6, 6.07) is 17.1. The third kappa shape index (κ3) is 5.95. The highest BCUT2D eigenvalue weighted by Crippen LogP contribution is 2.30. The molecule has 7 nitrogen and oxygen atoms in total. The highest BCUT2D eigenvalue weighted by atomic mass is 32.2. The summed E-state index contributed by atoms with van der Waals surface area (Å²) in [5, 5.41) is 2.91. The van der Waals surface area contributed by atoms with E-state index in [-0.39, 0.29) is 17.5 Å². The number of rotatable bonds is 9. The van der Waals surface area contributed by atoms with E-state index in [0.717, 1.165) is 22.3 Å². The Morgan fingerprint density at radius 1 is 0.886 bits per heavy atom. The quantitative estimate of drug-likeness (QED) is 0.464. The second-order valence-electron chi connectivity index (χ2n) is 8.52. The standard InChI is InChI=1S/C27H32N2O5S/c1-18-7-11-23(12-8-18)35(31,32)29(24-13-9-19(2)15-20(24)3)17-27(30)28-21(4)22-10-14-25(33-5)26(16-22)34-6/h7-16,21H,17H2,1-6H3,(H,28,30)/t21-/m1/s1. The van der Waals surface area contributed by atoms with Gasteiger partial charge in [0.15, 0.2) is 11.5 Å². The molecule has 186 valence electrons. The van der Waals surface area contributed by atoms with Crippen molar-refractivity contribution >= 4 is 21.6 Å². The zero-order chi connectivity index (χ0) is 25.8. The summed E-state index contributed by atoms with van der Waals surface area (Å²) in [7, 11) is -0.887. The van der Waals surface area contributed by atoms with Crippen molar-refractivity contribution in [1.29, 1.82) is 0 Å². The number of carbonyl (C=O) groups is 1. The van der Waals surface area contributed by atoms with Crippen molar-refractivity contribution in [2.45, 2.75) is 38.6 Å². The van der Waals surface area contributed by atoms with Crippen LogP contribution in [0.25, 0.3) is 0 Å². The van der Waals surface area contributed by atoms with Crippen LogP contribution in [0.15, 0.2) is 65.6 Å². The van der Waals surface area contributed by atoms with Crippen LogP contribution in [0.1, 0.15) is 35.2 Å². The van der Waals surface area contributed by atoms with Gasteiger partial charge in [0.05, 0.1) is 30.8 Å². The number of ether oxygens (including phenoxy) is 2. The first kappa shape index (κ1) is 26.1. The Morgan fingerprint density at radius 2 is 1.51 bits per heavy atom. The summed E-state index contributed by atoms with van der Waals surface area (Å²) in [6.45, 7) is 7.13. The number of aryl methyl sites for hydroxylation is 3. The van der Waals surface area contributed by atoms with Crippen LogP contribution in [-0.2, 0) is 14.8 Å². The molecule has 0 radical (unpaired) electrons. The molecule has 0 unspecified atom stereocenters. The number of carbonyl (C=O) groups excluding carboxylic acids is 1. The average molecular weight is 497 g/mol. The summed E-state index contributed by atoms with van der Waals surface area (Å²) < 4.78 is 39.1. The fourth-order valence-electron chi connectivity index (χ4n) is 3.85. The van der Waals surface area contributed by atoms with Gasteiger partial charge in [0.25, 0.3) is 10.0 Å². The molecule has 1 amide bonds. The molecule has 0 heterocycles. The number of amides is 1. The number of benzene rings is 3. The molecule has 0 aliphatic rings. The van der Waals surface area contributed by atoms with Gasteiger partial charge in [0.1, 0.15) is 6.54 Å². The van der Waals surface area contributed by atoms with Gasteiger partial charge in [-0.25, -0.2) is 8.42 Å². The van der Waals surface area contributed by atoms with E-state index >= 15 is 0 Å². The molecule has 0 fully saturated rings. The Balaban J connectivity index is 1.91. The number of methoxy groups -OCH3 is 2. The number of hydrogen-bond donors (Lipinski definition) is 1. The Morgan fingerprint density at radius 3 is 2.11 bits per heavy atom. The minimum absolute atomic E-state index is 0.129. The molecule has 0 saturated carbocycles. The van der Waals surface area contributed by atoms with Gasteiger partial charge in [-0.2, -0.15) is 0 Å². The zero-order valence-corrected chi connectivity index (χ0v) is 21.8. The molecule has 0 aliphatic heterocycles. The van der Waals surface area contributed by atoms with Crippen LogP contribution in [0.4, 0.5) is 5.69 Å². The first-order chi connectivity index (χ1) is 16.6. The largest absolute Gasteiger partial charge is 0.493 e. The van der Waals surface area contributed by atoms with E-state index in [9.17, 15) is 13.2 Å². The first-order valence-corrected chi connectivity index (χ1v) is 12.7. The molecular formula is C27H32N2O5S. The van der Waals surface area contributed by atoms with Crippen LogP contribution in [-0.4, -0.2) is 35.1 Å². The molecular weight excluding hydrogens is 464 g/mol. The maximum atomic E-state index is 13.6. The normalized spacial score (nSPS) is 12.1. The van der Waals surface area contributed by atoms with E-state index in [4.69, 9.17) is 9.47 Å². The van der Waals surface area contributed by atoms with Crippen LogP contribution in [0.3, 0.4) is 0 Å². The Hall–Kier alpha value is -3.52. The number of sulfonamides is 1. The molecule has 0 aromatic heterocycles. The second kappa shape index (κ2) is 10.8. The third-order valence-corrected chi connectivity index (χ3v) is 7.58. The minimum atomic E-state index is -3.99. The average Bonchev–Trinajstić information content (AvgIpc) is 2.82. The minimum Gasteiger partial charge on any atom is -0.493 e. The summed E-state index contributed by atoms with van der Waals surface area (Å²) in [5.41, 5.74) is 3.98. The predicted molar refractivity (Wildman–Crippen MR) is 138 cm³/mol. The van der Waals surface area contributed by atoms with E-state index in [0.29, 0.717) is 17.2 Å². The van der Waals surface area contributed by atoms with E-state index in [2.05, 4.69) is 5.32 Å². The fraction of sp³-hybridized carbons (Fsp3) is 0.296. The zero-order valence-electron chi connectivity index (χ0n) is 21.0. The monoisotopic (exact) mass is 496 g/mol. The van der Waals surface area contributed by atoms with Gasteiger partial charge in [-0.1, -0.05) is 41.5 Å². The Bertz CT molecular complexity index is 1300. The van der Waals surface area contributed by atoms with Crippen molar-refractivity contribution in [3.63, 3.8) is 0 Å². The molecule has 0 aliphatic carbocycles. The topological polar surface area (TPSA) is 84.9 Å². The molecule has 0 saturated heterocycles. The molecule has 3 aromatic rings. The van der Waals surface area contributed by atoms with Gasteiger partial charge in [-0.15, -0.1) is 0 Å². The van der Waals surface area contributed by atoms with Gasteiger partial charge in [-0.05, 0) is 69.2 Å². The first-order valence-electron chi connectivity index (χ1n) is 11.2. The lowest BCUT2D eigenvalue weighted by atomic mass is 10.1. The lowest BCUT2D eigenvalue weighted by Gasteiger charge is -2.27. The molecule has 0 bridgehead atoms. The van der Waals surface area contributed by atoms with E-state index < -0.39 is 15.9 Å². The number of nitrogens with zero attached hydrogens (tertiary/aromatic N) is 1. The van der Waals surface area contributed by atoms with E-state index in [1.165, 1.54) is 4.31 Å². The smallest absolute Gasteiger partial charge is 0.264 e. The number of hydrogen-bond acceptors (Lipinski definition) is 5. The van der Waals surface area contributed by atoms with Gasteiger partial charge in [0.2, 0.25) is 5.91 Å². The van der Waals surface area contributed by atoms with Crippen molar-refractivity contribution in [3.8, 4) is 11.5 Å². The van der Waals surface area contributed by atoms with Gasteiger partial charge >= 0.3 is 0 Å². The molecule has 8 heteroatoms. The van der Waals surface area contributed by atoms with Crippen molar-refractivity contribution in [3.05, 3.63) is 82.9 Å². The summed E-state index contributed by atoms with van der Waals surface area (Å²) >= 11 is 0. The summed E-state index contributed by atoms with van der Waals surface area (Å²) in [5.74, 6) is 0.702. The highest BCUT2D eigenvalue weighted by Gasteiger charge is 2.29. The molecule has 3 rings (SSSR count). The van der Waals surface area contributed by atoms with Crippen LogP contribution >= 0.6 is 0 Å². The van der Waals surface area contributed by atoms with Crippen LogP contribution in [0.5, 0.6) is 11.5 Å². The fourth-order valence-corrected chi connectivity index (χ4v) is 5.33. The maximum absolute atomic E-state index is 13.6. The van der Waals surface area contributed by atoms with Crippen LogP contribution in [0, 0.1) is 20.8 Å². The van der Waals surface area contributed by atoms with E-state index in [1.807, 2.05) is 45.9 Å². The van der Waals surface area contributed by atoms with Crippen molar-refractivity contribution in [2.24, 2.45) is 0 Å². The molecule has 1 N–H and O–H groups in total. The SMILES string of the molecule is COc1ccc([C@@H](C)NC(=O)CN(c2ccc(C)cc2C)S(=O)(=O)c2ccc(C)cc2)cc1OC. The predicted octanol–water partition coefficient (Wildman–Crippen LogP) is 4.70. The van der Waals surface area contributed by atoms with Crippen LogP contribution < -0.4 is 19.1 Å². The number of anilines is 1. The summed E-state index contributed by atoms with van der Waals surface area (Å²) in [4.78, 5) is 13.3. The molecule has 1 atom stereocenters.